The number of hydrogen-bond acceptors (Lipinski definition) is 3. The van der Waals surface area contributed by atoms with Crippen molar-refractivity contribution in [3.63, 3.8) is 0 Å². The van der Waals surface area contributed by atoms with E-state index < -0.39 is 5.97 Å². The maximum Gasteiger partial charge on any atom is 0.305 e. The van der Waals surface area contributed by atoms with E-state index in [0.717, 1.165) is 6.54 Å². The van der Waals surface area contributed by atoms with Gasteiger partial charge in [-0.25, -0.2) is 0 Å². The SMILES string of the molecule is O=C(O)CCOCCC(=O)NCC1CCC1. The Morgan fingerprint density at radius 1 is 1.25 bits per heavy atom. The van der Waals surface area contributed by atoms with Gasteiger partial charge in [0.05, 0.1) is 19.6 Å². The van der Waals surface area contributed by atoms with Crippen molar-refractivity contribution in [3.8, 4) is 0 Å². The minimum atomic E-state index is -0.880. The molecule has 0 atom stereocenters. The molecule has 0 radical (unpaired) electrons. The average Bonchev–Trinajstić information content (AvgIpc) is 2.14. The van der Waals surface area contributed by atoms with Gasteiger partial charge in [0.25, 0.3) is 0 Å². The number of aliphatic carboxylic acids is 1. The molecule has 0 saturated heterocycles. The number of carboxylic acid groups (broad SMARTS) is 1. The number of carbonyl (C=O) groups is 2. The molecule has 1 aliphatic rings. The quantitative estimate of drug-likeness (QED) is 0.603. The fourth-order valence-electron chi connectivity index (χ4n) is 1.47. The third kappa shape index (κ3) is 5.70. The molecule has 1 saturated carbocycles. The Labute approximate surface area is 95.2 Å². The number of ether oxygens (including phenoxy) is 1. The van der Waals surface area contributed by atoms with Gasteiger partial charge in [-0.3, -0.25) is 9.59 Å². The monoisotopic (exact) mass is 229 g/mol. The van der Waals surface area contributed by atoms with Gasteiger partial charge in [0.1, 0.15) is 0 Å². The van der Waals surface area contributed by atoms with Crippen LogP contribution in [0, 0.1) is 5.92 Å². The number of rotatable bonds is 8. The first-order valence-electron chi connectivity index (χ1n) is 5.74. The highest BCUT2D eigenvalue weighted by Crippen LogP contribution is 2.25. The molecule has 1 fully saturated rings. The zero-order valence-electron chi connectivity index (χ0n) is 9.41. The van der Waals surface area contributed by atoms with Crippen LogP contribution in [-0.2, 0) is 14.3 Å². The van der Waals surface area contributed by atoms with E-state index in [9.17, 15) is 9.59 Å². The lowest BCUT2D eigenvalue weighted by Crippen LogP contribution is -2.32. The number of hydrogen-bond donors (Lipinski definition) is 2. The van der Waals surface area contributed by atoms with Gasteiger partial charge in [-0.05, 0) is 18.8 Å². The largest absolute Gasteiger partial charge is 0.481 e. The van der Waals surface area contributed by atoms with Crippen LogP contribution in [-0.4, -0.2) is 36.7 Å². The summed E-state index contributed by atoms with van der Waals surface area (Å²) in [6.07, 6.45) is 4.01. The number of nitrogens with one attached hydrogen (secondary N) is 1. The third-order valence-electron chi connectivity index (χ3n) is 2.75. The molecule has 0 bridgehead atoms. The molecular weight excluding hydrogens is 210 g/mol. The Balaban J connectivity index is 1.87. The molecule has 0 aromatic carbocycles. The van der Waals surface area contributed by atoms with E-state index in [2.05, 4.69) is 5.32 Å². The molecule has 0 aromatic heterocycles. The van der Waals surface area contributed by atoms with Gasteiger partial charge in [-0.1, -0.05) is 6.42 Å². The van der Waals surface area contributed by atoms with Crippen molar-refractivity contribution in [1.29, 1.82) is 0 Å². The molecular formula is C11H19NO4. The first-order valence-corrected chi connectivity index (χ1v) is 5.74. The zero-order chi connectivity index (χ0) is 11.8. The molecule has 5 heteroatoms. The normalized spacial score (nSPS) is 15.5. The summed E-state index contributed by atoms with van der Waals surface area (Å²) in [6.45, 7) is 1.24. The Morgan fingerprint density at radius 3 is 2.50 bits per heavy atom. The van der Waals surface area contributed by atoms with E-state index in [1.54, 1.807) is 0 Å². The fourth-order valence-corrected chi connectivity index (χ4v) is 1.47. The van der Waals surface area contributed by atoms with Crippen molar-refractivity contribution >= 4 is 11.9 Å². The van der Waals surface area contributed by atoms with Gasteiger partial charge < -0.3 is 15.2 Å². The van der Waals surface area contributed by atoms with Crippen LogP contribution >= 0.6 is 0 Å². The number of carbonyl (C=O) groups excluding carboxylic acids is 1. The van der Waals surface area contributed by atoms with E-state index in [4.69, 9.17) is 9.84 Å². The van der Waals surface area contributed by atoms with Crippen LogP contribution < -0.4 is 5.32 Å². The third-order valence-corrected chi connectivity index (χ3v) is 2.75. The fraction of sp³-hybridized carbons (Fsp3) is 0.818. The standard InChI is InChI=1S/C11H19NO4/c13-10(12-8-9-2-1-3-9)4-6-16-7-5-11(14)15/h9H,1-8H2,(H,12,13)(H,14,15). The van der Waals surface area contributed by atoms with Crippen molar-refractivity contribution in [3.05, 3.63) is 0 Å². The molecule has 1 amide bonds. The predicted molar refractivity (Wildman–Crippen MR) is 58.0 cm³/mol. The molecule has 1 aliphatic carbocycles. The summed E-state index contributed by atoms with van der Waals surface area (Å²) in [4.78, 5) is 21.4. The van der Waals surface area contributed by atoms with Gasteiger partial charge in [0, 0.05) is 13.0 Å². The molecule has 0 aliphatic heterocycles. The second kappa shape index (κ2) is 7.22. The Bertz CT molecular complexity index is 238. The molecule has 92 valence electrons. The highest BCUT2D eigenvalue weighted by Gasteiger charge is 2.17. The lowest BCUT2D eigenvalue weighted by atomic mass is 9.85. The minimum absolute atomic E-state index is 0.0102. The van der Waals surface area contributed by atoms with Crippen LogP contribution in [0.5, 0.6) is 0 Å². The van der Waals surface area contributed by atoms with Crippen LogP contribution in [0.3, 0.4) is 0 Å². The maximum atomic E-state index is 11.3. The van der Waals surface area contributed by atoms with E-state index in [1.807, 2.05) is 0 Å². The first-order chi connectivity index (χ1) is 7.68. The maximum absolute atomic E-state index is 11.3. The molecule has 16 heavy (non-hydrogen) atoms. The smallest absolute Gasteiger partial charge is 0.305 e. The van der Waals surface area contributed by atoms with Crippen molar-refractivity contribution in [2.24, 2.45) is 5.92 Å². The highest BCUT2D eigenvalue weighted by atomic mass is 16.5. The van der Waals surface area contributed by atoms with Crippen molar-refractivity contribution in [2.75, 3.05) is 19.8 Å². The van der Waals surface area contributed by atoms with Gasteiger partial charge in [0.15, 0.2) is 0 Å². The van der Waals surface area contributed by atoms with Crippen molar-refractivity contribution in [2.45, 2.75) is 32.1 Å². The lowest BCUT2D eigenvalue weighted by Gasteiger charge is -2.25. The molecule has 0 spiro atoms. The van der Waals surface area contributed by atoms with Gasteiger partial charge in [-0.2, -0.15) is 0 Å². The molecule has 0 aromatic rings. The lowest BCUT2D eigenvalue weighted by molar-refractivity contribution is -0.138. The Hall–Kier alpha value is -1.10. The topological polar surface area (TPSA) is 75.6 Å². The van der Waals surface area contributed by atoms with Crippen LogP contribution in [0.25, 0.3) is 0 Å². The summed E-state index contributed by atoms with van der Waals surface area (Å²) in [5, 5.41) is 11.2. The molecule has 0 heterocycles. The van der Waals surface area contributed by atoms with Gasteiger partial charge in [-0.15, -0.1) is 0 Å². The Morgan fingerprint density at radius 2 is 1.94 bits per heavy atom. The molecule has 5 nitrogen and oxygen atoms in total. The summed E-state index contributed by atoms with van der Waals surface area (Å²) < 4.78 is 5.02. The summed E-state index contributed by atoms with van der Waals surface area (Å²) in [7, 11) is 0. The van der Waals surface area contributed by atoms with Crippen LogP contribution in [0.2, 0.25) is 0 Å². The zero-order valence-corrected chi connectivity index (χ0v) is 9.41. The molecule has 2 N–H and O–H groups in total. The van der Waals surface area contributed by atoms with Crippen molar-refractivity contribution in [1.82, 2.24) is 5.32 Å². The van der Waals surface area contributed by atoms with Crippen molar-refractivity contribution < 1.29 is 19.4 Å². The number of amides is 1. The second-order valence-electron chi connectivity index (χ2n) is 4.11. The molecule has 0 unspecified atom stereocenters. The minimum Gasteiger partial charge on any atom is -0.481 e. The first kappa shape index (κ1) is 13.0. The van der Waals surface area contributed by atoms with E-state index in [0.29, 0.717) is 18.9 Å². The summed E-state index contributed by atoms with van der Waals surface area (Å²) in [6, 6.07) is 0. The van der Waals surface area contributed by atoms with Gasteiger partial charge in [0.2, 0.25) is 5.91 Å². The summed E-state index contributed by atoms with van der Waals surface area (Å²) >= 11 is 0. The van der Waals surface area contributed by atoms with Gasteiger partial charge >= 0.3 is 5.97 Å². The summed E-state index contributed by atoms with van der Waals surface area (Å²) in [5.41, 5.74) is 0. The van der Waals surface area contributed by atoms with Crippen LogP contribution in [0.4, 0.5) is 0 Å². The molecule has 1 rings (SSSR count). The second-order valence-corrected chi connectivity index (χ2v) is 4.11. The van der Waals surface area contributed by atoms with E-state index in [-0.39, 0.29) is 18.9 Å². The van der Waals surface area contributed by atoms with E-state index in [1.165, 1.54) is 19.3 Å². The number of carboxylic acids is 1. The average molecular weight is 229 g/mol. The Kier molecular flexibility index (Phi) is 5.85. The summed E-state index contributed by atoms with van der Waals surface area (Å²) in [5.74, 6) is -0.228. The predicted octanol–water partition coefficient (Wildman–Crippen LogP) is 0.784. The van der Waals surface area contributed by atoms with Crippen LogP contribution in [0.1, 0.15) is 32.1 Å². The van der Waals surface area contributed by atoms with Crippen LogP contribution in [0.15, 0.2) is 0 Å². The van der Waals surface area contributed by atoms with E-state index >= 15 is 0 Å². The highest BCUT2D eigenvalue weighted by molar-refractivity contribution is 5.75.